The Kier molecular flexibility index (Phi) is 4.93. The van der Waals surface area contributed by atoms with E-state index in [9.17, 15) is 14.4 Å². The molecule has 3 N–H and O–H groups in total. The number of nitrogens with one attached hydrogen (secondary N) is 2. The van der Waals surface area contributed by atoms with Crippen molar-refractivity contribution in [2.24, 2.45) is 11.8 Å². The van der Waals surface area contributed by atoms with Gasteiger partial charge in [-0.05, 0) is 5.92 Å². The third-order valence-corrected chi connectivity index (χ3v) is 2.95. The molecule has 1 rings (SSSR count). The fourth-order valence-electron chi connectivity index (χ4n) is 1.79. The number of rotatable bonds is 6. The Labute approximate surface area is 99.8 Å². The lowest BCUT2D eigenvalue weighted by Crippen LogP contribution is -2.35. The monoisotopic (exact) mass is 242 g/mol. The second-order valence-corrected chi connectivity index (χ2v) is 4.32. The molecule has 17 heavy (non-hydrogen) atoms. The van der Waals surface area contributed by atoms with Gasteiger partial charge >= 0.3 is 5.97 Å². The maximum Gasteiger partial charge on any atom is 0.303 e. The zero-order chi connectivity index (χ0) is 12.8. The maximum atomic E-state index is 11.6. The van der Waals surface area contributed by atoms with Crippen LogP contribution in [0.4, 0.5) is 0 Å². The van der Waals surface area contributed by atoms with Crippen LogP contribution >= 0.6 is 0 Å². The summed E-state index contributed by atoms with van der Waals surface area (Å²) in [5.41, 5.74) is 0. The van der Waals surface area contributed by atoms with E-state index in [1.54, 1.807) is 0 Å². The standard InChI is InChI=1S/C11H18N2O4/c1-2-7(3-10(15)16)5-13-11(17)8-4-9(14)12-6-8/h7-8H,2-6H2,1H3,(H,12,14)(H,13,17)(H,15,16). The van der Waals surface area contributed by atoms with Gasteiger partial charge in [0.15, 0.2) is 0 Å². The van der Waals surface area contributed by atoms with E-state index in [1.165, 1.54) is 0 Å². The molecule has 1 heterocycles. The molecule has 0 saturated carbocycles. The number of carbonyl (C=O) groups is 3. The van der Waals surface area contributed by atoms with Crippen molar-refractivity contribution in [1.82, 2.24) is 10.6 Å². The highest BCUT2D eigenvalue weighted by Gasteiger charge is 2.28. The van der Waals surface area contributed by atoms with Gasteiger partial charge in [0.2, 0.25) is 11.8 Å². The molecule has 0 aromatic carbocycles. The number of aliphatic carboxylic acids is 1. The summed E-state index contributed by atoms with van der Waals surface area (Å²) in [5.74, 6) is -1.51. The van der Waals surface area contributed by atoms with Crippen LogP contribution in [0, 0.1) is 11.8 Å². The van der Waals surface area contributed by atoms with Gasteiger partial charge in [0.25, 0.3) is 0 Å². The normalized spacial score (nSPS) is 20.8. The van der Waals surface area contributed by atoms with Gasteiger partial charge in [-0.25, -0.2) is 0 Å². The Morgan fingerprint density at radius 3 is 2.76 bits per heavy atom. The first-order chi connectivity index (χ1) is 8.02. The third kappa shape index (κ3) is 4.42. The number of hydrogen-bond donors (Lipinski definition) is 3. The molecule has 0 aliphatic carbocycles. The molecular weight excluding hydrogens is 224 g/mol. The summed E-state index contributed by atoms with van der Waals surface area (Å²) in [6.45, 7) is 2.62. The first kappa shape index (κ1) is 13.5. The fraction of sp³-hybridized carbons (Fsp3) is 0.727. The van der Waals surface area contributed by atoms with E-state index in [2.05, 4.69) is 10.6 Å². The molecule has 2 amide bonds. The summed E-state index contributed by atoms with van der Waals surface area (Å²) in [4.78, 5) is 33.1. The Bertz CT molecular complexity index is 317. The van der Waals surface area contributed by atoms with E-state index < -0.39 is 5.97 Å². The van der Waals surface area contributed by atoms with Crippen molar-refractivity contribution >= 4 is 17.8 Å². The van der Waals surface area contributed by atoms with Crippen LogP contribution in [-0.4, -0.2) is 36.0 Å². The van der Waals surface area contributed by atoms with Crippen molar-refractivity contribution in [3.8, 4) is 0 Å². The minimum absolute atomic E-state index is 0.0542. The molecule has 0 spiro atoms. The van der Waals surface area contributed by atoms with E-state index in [0.717, 1.165) is 0 Å². The molecular formula is C11H18N2O4. The molecule has 2 atom stereocenters. The van der Waals surface area contributed by atoms with Crippen molar-refractivity contribution in [2.45, 2.75) is 26.2 Å². The van der Waals surface area contributed by atoms with Gasteiger partial charge in [-0.2, -0.15) is 0 Å². The van der Waals surface area contributed by atoms with E-state index in [4.69, 9.17) is 5.11 Å². The van der Waals surface area contributed by atoms with Crippen LogP contribution in [0.1, 0.15) is 26.2 Å². The highest BCUT2D eigenvalue weighted by atomic mass is 16.4. The van der Waals surface area contributed by atoms with Crippen LogP contribution < -0.4 is 10.6 Å². The highest BCUT2D eigenvalue weighted by molar-refractivity contribution is 5.89. The van der Waals surface area contributed by atoms with E-state index in [1.807, 2.05) is 6.92 Å². The summed E-state index contributed by atoms with van der Waals surface area (Å²) in [7, 11) is 0. The second kappa shape index (κ2) is 6.22. The van der Waals surface area contributed by atoms with Crippen LogP contribution in [0.5, 0.6) is 0 Å². The molecule has 1 saturated heterocycles. The molecule has 2 unspecified atom stereocenters. The van der Waals surface area contributed by atoms with Gasteiger partial charge in [0.1, 0.15) is 0 Å². The fourth-order valence-corrected chi connectivity index (χ4v) is 1.79. The van der Waals surface area contributed by atoms with Gasteiger partial charge < -0.3 is 15.7 Å². The number of carboxylic acids is 1. The van der Waals surface area contributed by atoms with Crippen molar-refractivity contribution < 1.29 is 19.5 Å². The molecule has 0 aromatic rings. The largest absolute Gasteiger partial charge is 0.481 e. The summed E-state index contributed by atoms with van der Waals surface area (Å²) in [6.07, 6.45) is 0.981. The van der Waals surface area contributed by atoms with Crippen LogP contribution in [-0.2, 0) is 14.4 Å². The van der Waals surface area contributed by atoms with Crippen molar-refractivity contribution in [3.63, 3.8) is 0 Å². The quantitative estimate of drug-likeness (QED) is 0.598. The van der Waals surface area contributed by atoms with E-state index >= 15 is 0 Å². The van der Waals surface area contributed by atoms with Crippen LogP contribution in [0.15, 0.2) is 0 Å². The Balaban J connectivity index is 2.31. The number of carboxylic acid groups (broad SMARTS) is 1. The van der Waals surface area contributed by atoms with Gasteiger partial charge in [-0.15, -0.1) is 0 Å². The maximum absolute atomic E-state index is 11.6. The number of carbonyl (C=O) groups excluding carboxylic acids is 2. The topological polar surface area (TPSA) is 95.5 Å². The lowest BCUT2D eigenvalue weighted by atomic mass is 10.0. The molecule has 1 aliphatic rings. The number of amides is 2. The Morgan fingerprint density at radius 1 is 1.59 bits per heavy atom. The lowest BCUT2D eigenvalue weighted by molar-refractivity contribution is -0.138. The van der Waals surface area contributed by atoms with Crippen molar-refractivity contribution in [2.75, 3.05) is 13.1 Å². The third-order valence-electron chi connectivity index (χ3n) is 2.95. The summed E-state index contributed by atoms with van der Waals surface area (Å²) in [6, 6.07) is 0. The molecule has 6 nitrogen and oxygen atoms in total. The average molecular weight is 242 g/mol. The first-order valence-corrected chi connectivity index (χ1v) is 5.79. The average Bonchev–Trinajstić information content (AvgIpc) is 2.70. The predicted molar refractivity (Wildman–Crippen MR) is 60.2 cm³/mol. The number of hydrogen-bond acceptors (Lipinski definition) is 3. The van der Waals surface area contributed by atoms with Gasteiger partial charge in [0, 0.05) is 25.9 Å². The summed E-state index contributed by atoms with van der Waals surface area (Å²) < 4.78 is 0. The van der Waals surface area contributed by atoms with E-state index in [0.29, 0.717) is 19.5 Å². The smallest absolute Gasteiger partial charge is 0.303 e. The zero-order valence-corrected chi connectivity index (χ0v) is 9.86. The van der Waals surface area contributed by atoms with Gasteiger partial charge in [-0.1, -0.05) is 13.3 Å². The molecule has 96 valence electrons. The van der Waals surface area contributed by atoms with Gasteiger partial charge in [-0.3, -0.25) is 14.4 Å². The minimum atomic E-state index is -0.858. The van der Waals surface area contributed by atoms with Crippen LogP contribution in [0.3, 0.4) is 0 Å². The van der Waals surface area contributed by atoms with E-state index in [-0.39, 0.29) is 36.5 Å². The SMILES string of the molecule is CCC(CNC(=O)C1CNC(=O)C1)CC(=O)O. The molecule has 0 radical (unpaired) electrons. The summed E-state index contributed by atoms with van der Waals surface area (Å²) >= 11 is 0. The minimum Gasteiger partial charge on any atom is -0.481 e. The molecule has 0 bridgehead atoms. The molecule has 0 aromatic heterocycles. The molecule has 6 heteroatoms. The molecule has 1 aliphatic heterocycles. The van der Waals surface area contributed by atoms with Crippen LogP contribution in [0.25, 0.3) is 0 Å². The highest BCUT2D eigenvalue weighted by Crippen LogP contribution is 2.10. The zero-order valence-electron chi connectivity index (χ0n) is 9.86. The molecule has 1 fully saturated rings. The van der Waals surface area contributed by atoms with Crippen LogP contribution in [0.2, 0.25) is 0 Å². The lowest BCUT2D eigenvalue weighted by Gasteiger charge is -2.15. The Hall–Kier alpha value is -1.59. The predicted octanol–water partition coefficient (Wildman–Crippen LogP) is -0.260. The Morgan fingerprint density at radius 2 is 2.29 bits per heavy atom. The summed E-state index contributed by atoms with van der Waals surface area (Å²) in [5, 5.41) is 14.0. The van der Waals surface area contributed by atoms with Gasteiger partial charge in [0.05, 0.1) is 5.92 Å². The second-order valence-electron chi connectivity index (χ2n) is 4.32. The van der Waals surface area contributed by atoms with Crippen molar-refractivity contribution in [3.05, 3.63) is 0 Å². The first-order valence-electron chi connectivity index (χ1n) is 5.79. The van der Waals surface area contributed by atoms with Crippen molar-refractivity contribution in [1.29, 1.82) is 0 Å².